The van der Waals surface area contributed by atoms with Crippen LogP contribution in [0.1, 0.15) is 73.4 Å². The summed E-state index contributed by atoms with van der Waals surface area (Å²) in [5.41, 5.74) is 9.18. The number of hydrogen-bond acceptors (Lipinski definition) is 7. The van der Waals surface area contributed by atoms with Crippen molar-refractivity contribution in [2.75, 3.05) is 13.6 Å². The molecule has 0 radical (unpaired) electrons. The molecule has 5 rings (SSSR count). The highest BCUT2D eigenvalue weighted by atomic mass is 19.1. The van der Waals surface area contributed by atoms with E-state index in [1.807, 2.05) is 31.0 Å². The third-order valence-electron chi connectivity index (χ3n) is 7.03. The van der Waals surface area contributed by atoms with Crippen molar-refractivity contribution >= 4 is 18.4 Å². The molecule has 1 aliphatic heterocycles. The zero-order chi connectivity index (χ0) is 27.0. The molecule has 198 valence electrons. The quantitative estimate of drug-likeness (QED) is 0.403. The van der Waals surface area contributed by atoms with Gasteiger partial charge in [0, 0.05) is 36.1 Å². The van der Waals surface area contributed by atoms with E-state index >= 15 is 0 Å². The molecule has 2 aliphatic carbocycles. The van der Waals surface area contributed by atoms with E-state index in [2.05, 4.69) is 21.4 Å². The van der Waals surface area contributed by atoms with Gasteiger partial charge in [0.15, 0.2) is 5.82 Å². The number of nitrogens with two attached hydrogens (primary N) is 1. The summed E-state index contributed by atoms with van der Waals surface area (Å²) in [5.74, 6) is -0.0195. The fraction of sp³-hybridized carbons (Fsp3) is 0.464. The van der Waals surface area contributed by atoms with E-state index in [1.165, 1.54) is 36.2 Å². The highest BCUT2D eigenvalue weighted by Crippen LogP contribution is 2.48. The zero-order valence-electron chi connectivity index (χ0n) is 21.7. The van der Waals surface area contributed by atoms with Gasteiger partial charge in [0.25, 0.3) is 5.91 Å². The highest BCUT2D eigenvalue weighted by Gasteiger charge is 2.51. The number of halogens is 1. The molecule has 1 amide bonds. The van der Waals surface area contributed by atoms with Crippen molar-refractivity contribution in [3.8, 4) is 0 Å². The van der Waals surface area contributed by atoms with E-state index in [0.29, 0.717) is 12.2 Å². The summed E-state index contributed by atoms with van der Waals surface area (Å²) in [6.07, 6.45) is 12.1. The van der Waals surface area contributed by atoms with Gasteiger partial charge in [0.05, 0.1) is 23.3 Å². The minimum Gasteiger partial charge on any atom is -0.394 e. The number of aryl methyl sites for hydroxylation is 1. The summed E-state index contributed by atoms with van der Waals surface area (Å²) in [5, 5.41) is 11.2. The Balaban J connectivity index is 0.000000228. The first-order chi connectivity index (χ1) is 17.8. The van der Waals surface area contributed by atoms with Crippen molar-refractivity contribution in [2.45, 2.75) is 69.9 Å². The second kappa shape index (κ2) is 12.7. The number of aromatic nitrogens is 2. The molecular weight excluding hydrogens is 471 g/mol. The van der Waals surface area contributed by atoms with Crippen molar-refractivity contribution in [3.63, 3.8) is 0 Å². The summed E-state index contributed by atoms with van der Waals surface area (Å²) in [6.45, 7) is 5.33. The molecule has 2 aromatic heterocycles. The Labute approximate surface area is 218 Å². The predicted octanol–water partition coefficient (Wildman–Crippen LogP) is 3.78. The Morgan fingerprint density at radius 3 is 2.68 bits per heavy atom. The van der Waals surface area contributed by atoms with Crippen LogP contribution >= 0.6 is 0 Å². The Morgan fingerprint density at radius 2 is 2.03 bits per heavy atom. The van der Waals surface area contributed by atoms with Gasteiger partial charge in [-0.05, 0) is 88.6 Å². The summed E-state index contributed by atoms with van der Waals surface area (Å²) in [6, 6.07) is 5.72. The number of hydrogen-bond donors (Lipinski definition) is 3. The topological polar surface area (TPSA) is 125 Å². The zero-order valence-corrected chi connectivity index (χ0v) is 21.7. The molecule has 0 bridgehead atoms. The second-order valence-corrected chi connectivity index (χ2v) is 9.80. The first kappa shape index (κ1) is 28.1. The van der Waals surface area contributed by atoms with Crippen LogP contribution in [-0.2, 0) is 16.1 Å². The standard InChI is InChI=1S/C17H21FN4O.C10H14N2.CH2O/c1-11-8-12(13(18)10-21-11)14(19)9-15(20)16(23)22-7-3-2-4-17(22)5-6-17;1-11-7-10-9(8-4-5-8)3-2-6-12-10;1-2/h8-10,19H,2-7,20H2,1H3;2-3,6,8,11H,4-5,7H2,1H3;1H2/b15-9-,19-14?;;. The molecule has 0 aromatic carbocycles. The van der Waals surface area contributed by atoms with Gasteiger partial charge in [-0.2, -0.15) is 0 Å². The van der Waals surface area contributed by atoms with Crippen molar-refractivity contribution in [3.05, 3.63) is 70.7 Å². The van der Waals surface area contributed by atoms with Crippen LogP contribution in [0, 0.1) is 18.2 Å². The molecule has 37 heavy (non-hydrogen) atoms. The average molecular weight is 509 g/mol. The minimum atomic E-state index is -0.589. The Hall–Kier alpha value is -3.46. The number of carbonyl (C=O) groups is 2. The number of nitrogens with zero attached hydrogens (tertiary/aromatic N) is 3. The molecule has 1 spiro atoms. The smallest absolute Gasteiger partial charge is 0.270 e. The number of amides is 1. The van der Waals surface area contributed by atoms with E-state index in [9.17, 15) is 9.18 Å². The van der Waals surface area contributed by atoms with Crippen molar-refractivity contribution in [1.82, 2.24) is 20.2 Å². The number of allylic oxidation sites excluding steroid dienone is 1. The molecule has 2 saturated carbocycles. The molecule has 0 unspecified atom stereocenters. The number of pyridine rings is 2. The number of likely N-dealkylation sites (tertiary alicyclic amines) is 1. The fourth-order valence-electron chi connectivity index (χ4n) is 4.81. The monoisotopic (exact) mass is 508 g/mol. The largest absolute Gasteiger partial charge is 0.394 e. The lowest BCUT2D eigenvalue weighted by Crippen LogP contribution is -2.47. The van der Waals surface area contributed by atoms with Crippen LogP contribution in [-0.4, -0.2) is 52.4 Å². The number of carbonyl (C=O) groups excluding carboxylic acids is 2. The van der Waals surface area contributed by atoms with Crippen LogP contribution in [0.25, 0.3) is 0 Å². The molecule has 3 fully saturated rings. The van der Waals surface area contributed by atoms with Gasteiger partial charge < -0.3 is 26.2 Å². The van der Waals surface area contributed by atoms with E-state index in [1.54, 1.807) is 6.92 Å². The number of rotatable bonds is 6. The fourth-order valence-corrected chi connectivity index (χ4v) is 4.81. The van der Waals surface area contributed by atoms with Crippen LogP contribution < -0.4 is 11.1 Å². The maximum atomic E-state index is 13.8. The molecule has 1 saturated heterocycles. The summed E-state index contributed by atoms with van der Waals surface area (Å²) < 4.78 is 13.8. The maximum Gasteiger partial charge on any atom is 0.270 e. The lowest BCUT2D eigenvalue weighted by Gasteiger charge is -2.36. The first-order valence-corrected chi connectivity index (χ1v) is 12.7. The molecule has 9 heteroatoms. The van der Waals surface area contributed by atoms with E-state index in [-0.39, 0.29) is 28.4 Å². The molecule has 2 aromatic rings. The van der Waals surface area contributed by atoms with Crippen LogP contribution in [0.4, 0.5) is 4.39 Å². The third kappa shape index (κ3) is 7.07. The average Bonchev–Trinajstić information content (AvgIpc) is 3.85. The van der Waals surface area contributed by atoms with Gasteiger partial charge in [0.2, 0.25) is 0 Å². The Morgan fingerprint density at radius 1 is 1.30 bits per heavy atom. The van der Waals surface area contributed by atoms with Crippen LogP contribution in [0.5, 0.6) is 0 Å². The molecule has 3 heterocycles. The maximum absolute atomic E-state index is 13.8. The Bertz CT molecular complexity index is 1140. The van der Waals surface area contributed by atoms with Gasteiger partial charge in [-0.1, -0.05) is 6.07 Å². The van der Waals surface area contributed by atoms with Gasteiger partial charge in [0.1, 0.15) is 6.79 Å². The normalized spacial score (nSPS) is 17.7. The number of nitrogens with one attached hydrogen (secondary N) is 2. The van der Waals surface area contributed by atoms with Crippen molar-refractivity contribution in [2.24, 2.45) is 5.73 Å². The van der Waals surface area contributed by atoms with E-state index in [4.69, 9.17) is 15.9 Å². The molecule has 0 atom stereocenters. The molecule has 3 aliphatic rings. The third-order valence-corrected chi connectivity index (χ3v) is 7.03. The van der Waals surface area contributed by atoms with Gasteiger partial charge >= 0.3 is 0 Å². The lowest BCUT2D eigenvalue weighted by atomic mass is 9.99. The van der Waals surface area contributed by atoms with Crippen molar-refractivity contribution < 1.29 is 14.0 Å². The minimum absolute atomic E-state index is 0.00274. The highest BCUT2D eigenvalue weighted by molar-refractivity contribution is 6.11. The van der Waals surface area contributed by atoms with E-state index in [0.717, 1.165) is 50.8 Å². The molecule has 4 N–H and O–H groups in total. The van der Waals surface area contributed by atoms with Crippen LogP contribution in [0.15, 0.2) is 42.4 Å². The summed E-state index contributed by atoms with van der Waals surface area (Å²) in [7, 11) is 1.96. The first-order valence-electron chi connectivity index (χ1n) is 12.7. The van der Waals surface area contributed by atoms with Gasteiger partial charge in [-0.3, -0.25) is 14.8 Å². The second-order valence-electron chi connectivity index (χ2n) is 9.80. The SMILES string of the molecule is C=O.CNCc1ncccc1C1CC1.Cc1cc(C(=N)/C=C(\N)C(=O)N2CCCCC23CC3)c(F)cn1. The van der Waals surface area contributed by atoms with Crippen LogP contribution in [0.3, 0.4) is 0 Å². The van der Waals surface area contributed by atoms with Crippen molar-refractivity contribution in [1.29, 1.82) is 5.41 Å². The Kier molecular flexibility index (Phi) is 9.63. The van der Waals surface area contributed by atoms with Gasteiger partial charge in [-0.15, -0.1) is 0 Å². The molecular formula is C28H37FN6O2. The lowest BCUT2D eigenvalue weighted by molar-refractivity contribution is -0.131. The van der Waals surface area contributed by atoms with E-state index < -0.39 is 5.82 Å². The summed E-state index contributed by atoms with van der Waals surface area (Å²) in [4.78, 5) is 30.7. The predicted molar refractivity (Wildman–Crippen MR) is 142 cm³/mol. The van der Waals surface area contributed by atoms with Gasteiger partial charge in [-0.25, -0.2) is 4.39 Å². The summed E-state index contributed by atoms with van der Waals surface area (Å²) >= 11 is 0. The van der Waals surface area contributed by atoms with Crippen LogP contribution in [0.2, 0.25) is 0 Å². The number of piperidine rings is 1. The molecule has 8 nitrogen and oxygen atoms in total.